The number of hydrogen-bond donors (Lipinski definition) is 1. The van der Waals surface area contributed by atoms with E-state index in [9.17, 15) is 10.1 Å². The molecule has 2 heterocycles. The molecule has 1 aliphatic heterocycles. The molecule has 1 fully saturated rings. The summed E-state index contributed by atoms with van der Waals surface area (Å²) >= 11 is 0. The maximum absolute atomic E-state index is 11.1. The molecular weight excluding hydrogens is 246 g/mol. The van der Waals surface area contributed by atoms with Gasteiger partial charge in [0.1, 0.15) is 5.41 Å². The van der Waals surface area contributed by atoms with Crippen LogP contribution >= 0.6 is 0 Å². The average molecular weight is 259 g/mol. The van der Waals surface area contributed by atoms with Crippen LogP contribution in [0, 0.1) is 16.7 Å². The minimum Gasteiger partial charge on any atom is -0.408 e. The predicted octanol–water partition coefficient (Wildman–Crippen LogP) is 1.10. The molecule has 0 spiro atoms. The summed E-state index contributed by atoms with van der Waals surface area (Å²) in [6.07, 6.45) is 0. The fraction of sp³-hybridized carbons (Fsp3) is 0.385. The Bertz CT molecular complexity index is 706. The molecule has 0 radical (unpaired) electrons. The minimum absolute atomic E-state index is 0.428. The Labute approximate surface area is 109 Å². The van der Waals surface area contributed by atoms with Gasteiger partial charge < -0.3 is 14.1 Å². The van der Waals surface area contributed by atoms with Crippen LogP contribution in [0.5, 0.6) is 0 Å². The largest absolute Gasteiger partial charge is 0.417 e. The summed E-state index contributed by atoms with van der Waals surface area (Å²) in [6, 6.07) is 7.78. The molecule has 0 atom stereocenters. The van der Waals surface area contributed by atoms with Gasteiger partial charge in [-0.1, -0.05) is 0 Å². The van der Waals surface area contributed by atoms with Crippen LogP contribution in [0.4, 0.5) is 5.69 Å². The number of fused-ring (bicyclic) bond motifs is 1. The number of oxazole rings is 1. The van der Waals surface area contributed by atoms with Crippen molar-refractivity contribution in [2.75, 3.05) is 31.7 Å². The SMILES string of the molecule is CN(CC1(C#N)COC1)c1ccc2[nH]c(=O)oc2c1. The first-order valence-electron chi connectivity index (χ1n) is 5.95. The van der Waals surface area contributed by atoms with Gasteiger partial charge in [-0.15, -0.1) is 0 Å². The standard InChI is InChI=1S/C13H13N3O3/c1-16(6-13(5-14)7-18-8-13)9-2-3-10-11(4-9)19-12(17)15-10/h2-4H,6-8H2,1H3,(H,15,17). The van der Waals surface area contributed by atoms with Gasteiger partial charge in [0, 0.05) is 25.3 Å². The quantitative estimate of drug-likeness (QED) is 0.892. The summed E-state index contributed by atoms with van der Waals surface area (Å²) < 4.78 is 10.2. The van der Waals surface area contributed by atoms with Gasteiger partial charge in [-0.25, -0.2) is 4.79 Å². The number of anilines is 1. The zero-order valence-corrected chi connectivity index (χ0v) is 10.5. The number of aromatic nitrogens is 1. The van der Waals surface area contributed by atoms with Crippen LogP contribution in [0.15, 0.2) is 27.4 Å². The second-order valence-electron chi connectivity index (χ2n) is 4.94. The number of H-pyrrole nitrogens is 1. The van der Waals surface area contributed by atoms with E-state index in [4.69, 9.17) is 9.15 Å². The minimum atomic E-state index is -0.462. The molecule has 0 bridgehead atoms. The van der Waals surface area contributed by atoms with Gasteiger partial charge in [0.25, 0.3) is 0 Å². The summed E-state index contributed by atoms with van der Waals surface area (Å²) in [7, 11) is 1.91. The van der Waals surface area contributed by atoms with E-state index in [1.54, 1.807) is 12.1 Å². The Morgan fingerprint density at radius 1 is 1.53 bits per heavy atom. The molecule has 1 saturated heterocycles. The lowest BCUT2D eigenvalue weighted by Crippen LogP contribution is -2.49. The number of nitrogens with one attached hydrogen (secondary N) is 1. The van der Waals surface area contributed by atoms with Crippen LogP contribution in [0.3, 0.4) is 0 Å². The zero-order chi connectivity index (χ0) is 13.5. The van der Waals surface area contributed by atoms with Gasteiger partial charge in [0.2, 0.25) is 0 Å². The molecule has 2 aromatic rings. The normalized spacial score (nSPS) is 16.8. The molecule has 0 unspecified atom stereocenters. The van der Waals surface area contributed by atoms with Gasteiger partial charge in [0.15, 0.2) is 5.58 Å². The Kier molecular flexibility index (Phi) is 2.57. The first-order valence-corrected chi connectivity index (χ1v) is 5.95. The van der Waals surface area contributed by atoms with Crippen molar-refractivity contribution in [3.05, 3.63) is 28.7 Å². The van der Waals surface area contributed by atoms with Crippen LogP contribution in [-0.4, -0.2) is 31.8 Å². The second kappa shape index (κ2) is 4.14. The molecule has 98 valence electrons. The molecule has 1 aromatic heterocycles. The smallest absolute Gasteiger partial charge is 0.408 e. The van der Waals surface area contributed by atoms with E-state index in [1.165, 1.54) is 0 Å². The van der Waals surface area contributed by atoms with Gasteiger partial charge in [-0.05, 0) is 12.1 Å². The third kappa shape index (κ3) is 1.98. The molecule has 3 rings (SSSR count). The van der Waals surface area contributed by atoms with Crippen molar-refractivity contribution < 1.29 is 9.15 Å². The Balaban J connectivity index is 1.87. The summed E-state index contributed by atoms with van der Waals surface area (Å²) in [4.78, 5) is 15.7. The number of benzene rings is 1. The van der Waals surface area contributed by atoms with Crippen LogP contribution in [0.2, 0.25) is 0 Å². The molecule has 0 saturated carbocycles. The van der Waals surface area contributed by atoms with Crippen molar-refractivity contribution >= 4 is 16.8 Å². The van der Waals surface area contributed by atoms with Crippen molar-refractivity contribution in [3.8, 4) is 6.07 Å². The number of aromatic amines is 1. The first kappa shape index (κ1) is 11.8. The number of nitriles is 1. The molecule has 6 heteroatoms. The van der Waals surface area contributed by atoms with Gasteiger partial charge in [-0.3, -0.25) is 4.98 Å². The highest BCUT2D eigenvalue weighted by Gasteiger charge is 2.40. The molecule has 0 aliphatic carbocycles. The molecule has 0 amide bonds. The van der Waals surface area contributed by atoms with E-state index in [0.29, 0.717) is 30.9 Å². The van der Waals surface area contributed by atoms with Crippen molar-refractivity contribution in [1.29, 1.82) is 5.26 Å². The van der Waals surface area contributed by atoms with E-state index >= 15 is 0 Å². The third-order valence-electron chi connectivity index (χ3n) is 3.38. The molecule has 1 N–H and O–H groups in total. The summed E-state index contributed by atoms with van der Waals surface area (Å²) in [5, 5.41) is 9.19. The summed E-state index contributed by atoms with van der Waals surface area (Å²) in [6.45, 7) is 1.52. The lowest BCUT2D eigenvalue weighted by molar-refractivity contribution is -0.0716. The molecule has 6 nitrogen and oxygen atoms in total. The maximum Gasteiger partial charge on any atom is 0.417 e. The van der Waals surface area contributed by atoms with Crippen molar-refractivity contribution in [2.24, 2.45) is 5.41 Å². The molecule has 1 aliphatic rings. The highest BCUT2D eigenvalue weighted by atomic mass is 16.5. The monoisotopic (exact) mass is 259 g/mol. The van der Waals surface area contributed by atoms with Gasteiger partial charge in [0.05, 0.1) is 24.8 Å². The first-order chi connectivity index (χ1) is 9.12. The van der Waals surface area contributed by atoms with Crippen LogP contribution < -0.4 is 10.7 Å². The van der Waals surface area contributed by atoms with Gasteiger partial charge >= 0.3 is 5.76 Å². The Morgan fingerprint density at radius 3 is 2.95 bits per heavy atom. The number of nitrogens with zero attached hydrogens (tertiary/aromatic N) is 2. The lowest BCUT2D eigenvalue weighted by Gasteiger charge is -2.38. The molecule has 19 heavy (non-hydrogen) atoms. The zero-order valence-electron chi connectivity index (χ0n) is 10.5. The van der Waals surface area contributed by atoms with E-state index in [1.807, 2.05) is 18.0 Å². The van der Waals surface area contributed by atoms with E-state index in [-0.39, 0.29) is 0 Å². The average Bonchev–Trinajstić information content (AvgIpc) is 2.72. The maximum atomic E-state index is 11.1. The van der Waals surface area contributed by atoms with E-state index in [2.05, 4.69) is 11.1 Å². The Morgan fingerprint density at radius 2 is 2.32 bits per heavy atom. The fourth-order valence-corrected chi connectivity index (χ4v) is 2.26. The summed E-state index contributed by atoms with van der Waals surface area (Å²) in [5.41, 5.74) is 1.66. The second-order valence-corrected chi connectivity index (χ2v) is 4.94. The highest BCUT2D eigenvalue weighted by molar-refractivity contribution is 5.77. The molecule has 1 aromatic carbocycles. The van der Waals surface area contributed by atoms with Crippen molar-refractivity contribution in [3.63, 3.8) is 0 Å². The van der Waals surface area contributed by atoms with Crippen LogP contribution in [0.25, 0.3) is 11.1 Å². The van der Waals surface area contributed by atoms with Gasteiger partial charge in [-0.2, -0.15) is 5.26 Å². The highest BCUT2D eigenvalue weighted by Crippen LogP contribution is 2.29. The number of hydrogen-bond acceptors (Lipinski definition) is 5. The third-order valence-corrected chi connectivity index (χ3v) is 3.38. The predicted molar refractivity (Wildman–Crippen MR) is 69.0 cm³/mol. The van der Waals surface area contributed by atoms with E-state index in [0.717, 1.165) is 5.69 Å². The number of rotatable bonds is 3. The number of ether oxygens (including phenoxy) is 1. The Hall–Kier alpha value is -2.26. The lowest BCUT2D eigenvalue weighted by atomic mass is 9.87. The summed E-state index contributed by atoms with van der Waals surface area (Å²) in [5.74, 6) is -0.462. The fourth-order valence-electron chi connectivity index (χ4n) is 2.26. The molecular formula is C13H13N3O3. The van der Waals surface area contributed by atoms with Crippen molar-refractivity contribution in [2.45, 2.75) is 0 Å². The van der Waals surface area contributed by atoms with E-state index < -0.39 is 11.2 Å². The van der Waals surface area contributed by atoms with Crippen LogP contribution in [-0.2, 0) is 4.74 Å². The topological polar surface area (TPSA) is 82.3 Å². The van der Waals surface area contributed by atoms with Crippen molar-refractivity contribution in [1.82, 2.24) is 4.98 Å². The van der Waals surface area contributed by atoms with Crippen LogP contribution in [0.1, 0.15) is 0 Å².